The van der Waals surface area contributed by atoms with Crippen LogP contribution in [0, 0.1) is 0 Å². The highest BCUT2D eigenvalue weighted by Crippen LogP contribution is 2.13. The molecule has 26 heavy (non-hydrogen) atoms. The van der Waals surface area contributed by atoms with Gasteiger partial charge in [-0.25, -0.2) is 4.68 Å². The lowest BCUT2D eigenvalue weighted by Crippen LogP contribution is -2.33. The third-order valence-electron chi connectivity index (χ3n) is 4.23. The van der Waals surface area contributed by atoms with Gasteiger partial charge in [0, 0.05) is 0 Å². The molecule has 1 aromatic heterocycles. The Bertz CT molecular complexity index is 999. The summed E-state index contributed by atoms with van der Waals surface area (Å²) < 4.78 is 7.24. The standard InChI is InChI=1S/C22H24N2O2/c1-3-4-8-15-26-20-13-11-18(12-14-20)16-21-17(2)23-24(22(21)25)19-9-6-5-7-10-19/h5-7,9-14,16,23H,2-4,8,15H2,1H3/b21-16+. The zero-order valence-corrected chi connectivity index (χ0v) is 15.1. The van der Waals surface area contributed by atoms with E-state index in [-0.39, 0.29) is 5.56 Å². The molecular formula is C22H24N2O2. The molecule has 0 radical (unpaired) electrons. The molecular weight excluding hydrogens is 324 g/mol. The maximum Gasteiger partial charge on any atom is 0.279 e. The molecule has 2 aromatic carbocycles. The number of hydrogen-bond acceptors (Lipinski definition) is 2. The molecule has 0 saturated carbocycles. The van der Waals surface area contributed by atoms with Gasteiger partial charge in [0.05, 0.1) is 22.9 Å². The molecule has 1 N–H and O–H groups in total. The van der Waals surface area contributed by atoms with E-state index in [9.17, 15) is 4.79 Å². The zero-order chi connectivity index (χ0) is 18.4. The molecule has 0 aliphatic heterocycles. The minimum absolute atomic E-state index is 0.110. The van der Waals surface area contributed by atoms with Crippen molar-refractivity contribution in [2.75, 3.05) is 6.61 Å². The Labute approximate surface area is 153 Å². The Hall–Kier alpha value is -3.01. The van der Waals surface area contributed by atoms with Crippen molar-refractivity contribution in [1.82, 2.24) is 9.78 Å². The summed E-state index contributed by atoms with van der Waals surface area (Å²) in [7, 11) is 0. The third-order valence-corrected chi connectivity index (χ3v) is 4.23. The van der Waals surface area contributed by atoms with Crippen LogP contribution in [0.25, 0.3) is 18.3 Å². The Morgan fingerprint density at radius 2 is 1.81 bits per heavy atom. The molecule has 0 aliphatic carbocycles. The van der Waals surface area contributed by atoms with Crippen LogP contribution in [0.5, 0.6) is 5.75 Å². The number of nitrogens with one attached hydrogen (secondary N) is 1. The fourth-order valence-corrected chi connectivity index (χ4v) is 2.77. The van der Waals surface area contributed by atoms with Crippen LogP contribution in [0.4, 0.5) is 0 Å². The molecule has 0 atom stereocenters. The molecule has 0 saturated heterocycles. The molecule has 4 heteroatoms. The lowest BCUT2D eigenvalue weighted by atomic mass is 10.2. The van der Waals surface area contributed by atoms with Crippen molar-refractivity contribution >= 4 is 12.7 Å². The minimum Gasteiger partial charge on any atom is -0.494 e. The monoisotopic (exact) mass is 348 g/mol. The van der Waals surface area contributed by atoms with Crippen LogP contribution in [0.15, 0.2) is 59.4 Å². The van der Waals surface area contributed by atoms with E-state index >= 15 is 0 Å². The van der Waals surface area contributed by atoms with Crippen molar-refractivity contribution in [3.8, 4) is 11.4 Å². The molecule has 3 aromatic rings. The molecule has 1 heterocycles. The SMILES string of the molecule is C=c1[nH]n(-c2ccccc2)c(=O)/c1=C/c1ccc(OCCCCC)cc1. The van der Waals surface area contributed by atoms with Gasteiger partial charge in [-0.15, -0.1) is 0 Å². The van der Waals surface area contributed by atoms with Gasteiger partial charge >= 0.3 is 0 Å². The van der Waals surface area contributed by atoms with E-state index in [4.69, 9.17) is 4.74 Å². The molecule has 0 bridgehead atoms. The second kappa shape index (κ2) is 8.39. The van der Waals surface area contributed by atoms with Crippen molar-refractivity contribution in [1.29, 1.82) is 0 Å². The highest BCUT2D eigenvalue weighted by atomic mass is 16.5. The first-order valence-corrected chi connectivity index (χ1v) is 8.99. The summed E-state index contributed by atoms with van der Waals surface area (Å²) >= 11 is 0. The van der Waals surface area contributed by atoms with Crippen molar-refractivity contribution in [3.63, 3.8) is 0 Å². The highest BCUT2D eigenvalue weighted by molar-refractivity contribution is 5.51. The number of aromatic amines is 1. The number of ether oxygens (including phenoxy) is 1. The van der Waals surface area contributed by atoms with E-state index in [0.717, 1.165) is 30.0 Å². The number of para-hydroxylation sites is 1. The molecule has 0 spiro atoms. The smallest absolute Gasteiger partial charge is 0.279 e. The van der Waals surface area contributed by atoms with Crippen LogP contribution in [0.2, 0.25) is 0 Å². The summed E-state index contributed by atoms with van der Waals surface area (Å²) in [5.74, 6) is 0.851. The fourth-order valence-electron chi connectivity index (χ4n) is 2.77. The predicted molar refractivity (Wildman–Crippen MR) is 106 cm³/mol. The number of nitrogens with zero attached hydrogens (tertiary/aromatic N) is 1. The quantitative estimate of drug-likeness (QED) is 0.667. The van der Waals surface area contributed by atoms with Crippen LogP contribution in [-0.2, 0) is 0 Å². The largest absolute Gasteiger partial charge is 0.494 e. The molecule has 4 nitrogen and oxygen atoms in total. The van der Waals surface area contributed by atoms with Gasteiger partial charge in [-0.05, 0) is 42.3 Å². The molecule has 134 valence electrons. The van der Waals surface area contributed by atoms with Crippen LogP contribution in [0.3, 0.4) is 0 Å². The third kappa shape index (κ3) is 4.14. The van der Waals surface area contributed by atoms with Gasteiger partial charge in [-0.2, -0.15) is 0 Å². The summed E-state index contributed by atoms with van der Waals surface area (Å²) in [5.41, 5.74) is 1.62. The van der Waals surface area contributed by atoms with Gasteiger partial charge in [-0.3, -0.25) is 9.89 Å². The molecule has 0 amide bonds. The number of rotatable bonds is 7. The first-order valence-electron chi connectivity index (χ1n) is 8.99. The van der Waals surface area contributed by atoms with Crippen LogP contribution in [0.1, 0.15) is 31.7 Å². The lowest BCUT2D eigenvalue weighted by Gasteiger charge is -2.05. The normalized spacial score (nSPS) is 11.7. The van der Waals surface area contributed by atoms with Crippen molar-refractivity contribution in [2.24, 2.45) is 0 Å². The van der Waals surface area contributed by atoms with Gasteiger partial charge in [0.1, 0.15) is 5.75 Å². The van der Waals surface area contributed by atoms with Crippen molar-refractivity contribution in [3.05, 3.63) is 81.1 Å². The molecule has 0 fully saturated rings. The van der Waals surface area contributed by atoms with Crippen LogP contribution in [-0.4, -0.2) is 16.4 Å². The van der Waals surface area contributed by atoms with Gasteiger partial charge in [0.2, 0.25) is 0 Å². The topological polar surface area (TPSA) is 47.0 Å². The zero-order valence-electron chi connectivity index (χ0n) is 15.1. The first-order chi connectivity index (χ1) is 12.7. The summed E-state index contributed by atoms with van der Waals surface area (Å²) in [6.45, 7) is 6.88. The van der Waals surface area contributed by atoms with E-state index in [0.29, 0.717) is 10.6 Å². The summed E-state index contributed by atoms with van der Waals surface area (Å²) in [6.07, 6.45) is 5.28. The molecule has 3 rings (SSSR count). The summed E-state index contributed by atoms with van der Waals surface area (Å²) in [5, 5.41) is 4.19. The van der Waals surface area contributed by atoms with Gasteiger partial charge < -0.3 is 4.74 Å². The molecule has 0 unspecified atom stereocenters. The average Bonchev–Trinajstić information content (AvgIpc) is 2.95. The van der Waals surface area contributed by atoms with E-state index in [2.05, 4.69) is 18.6 Å². The number of H-pyrrole nitrogens is 1. The molecule has 0 aliphatic rings. The minimum atomic E-state index is -0.110. The second-order valence-corrected chi connectivity index (χ2v) is 6.25. The predicted octanol–water partition coefficient (Wildman–Crippen LogP) is 2.97. The van der Waals surface area contributed by atoms with Crippen molar-refractivity contribution in [2.45, 2.75) is 26.2 Å². The first kappa shape index (κ1) is 17.8. The van der Waals surface area contributed by atoms with E-state index < -0.39 is 0 Å². The summed E-state index contributed by atoms with van der Waals surface area (Å²) in [4.78, 5) is 12.7. The Morgan fingerprint density at radius 1 is 1.08 bits per heavy atom. The van der Waals surface area contributed by atoms with E-state index in [1.165, 1.54) is 17.5 Å². The highest BCUT2D eigenvalue weighted by Gasteiger charge is 2.04. The van der Waals surface area contributed by atoms with Crippen LogP contribution >= 0.6 is 0 Å². The van der Waals surface area contributed by atoms with Crippen molar-refractivity contribution < 1.29 is 4.74 Å². The van der Waals surface area contributed by atoms with E-state index in [1.807, 2.05) is 60.7 Å². The number of unbranched alkanes of at least 4 members (excludes halogenated alkanes) is 2. The lowest BCUT2D eigenvalue weighted by molar-refractivity contribution is 0.306. The van der Waals surface area contributed by atoms with Gasteiger partial charge in [0.25, 0.3) is 5.56 Å². The number of hydrogen-bond donors (Lipinski definition) is 1. The van der Waals surface area contributed by atoms with Gasteiger partial charge in [0.15, 0.2) is 0 Å². The summed E-state index contributed by atoms with van der Waals surface area (Å²) in [6, 6.07) is 17.2. The van der Waals surface area contributed by atoms with Crippen LogP contribution < -0.4 is 20.9 Å². The Kier molecular flexibility index (Phi) is 5.74. The Balaban J connectivity index is 1.83. The average molecular weight is 348 g/mol. The maximum atomic E-state index is 12.7. The fraction of sp³-hybridized carbons (Fsp3) is 0.227. The second-order valence-electron chi connectivity index (χ2n) is 6.25. The Morgan fingerprint density at radius 3 is 2.50 bits per heavy atom. The van der Waals surface area contributed by atoms with E-state index in [1.54, 1.807) is 0 Å². The number of aromatic nitrogens is 2. The number of benzene rings is 2. The van der Waals surface area contributed by atoms with Gasteiger partial charge in [-0.1, -0.05) is 56.7 Å². The maximum absolute atomic E-state index is 12.7.